The molecule has 1 saturated heterocycles. The van der Waals surface area contributed by atoms with Gasteiger partial charge in [0.2, 0.25) is 5.91 Å². The minimum Gasteiger partial charge on any atom is -0.383 e. The second kappa shape index (κ2) is 4.96. The van der Waals surface area contributed by atoms with Gasteiger partial charge in [-0.2, -0.15) is 0 Å². The number of nitrogens with one attached hydrogen (secondary N) is 3. The predicted molar refractivity (Wildman–Crippen MR) is 69.9 cm³/mol. The summed E-state index contributed by atoms with van der Waals surface area (Å²) in [6.45, 7) is 3.29. The maximum atomic E-state index is 11.3. The number of carbonyl (C=O) groups is 1. The number of amides is 1. The van der Waals surface area contributed by atoms with Crippen LogP contribution in [-0.4, -0.2) is 38.3 Å². The van der Waals surface area contributed by atoms with E-state index in [1.165, 1.54) is 0 Å². The van der Waals surface area contributed by atoms with Gasteiger partial charge in [0.1, 0.15) is 0 Å². The summed E-state index contributed by atoms with van der Waals surface area (Å²) in [5.41, 5.74) is 3.06. The van der Waals surface area contributed by atoms with Gasteiger partial charge in [-0.05, 0) is 23.8 Å². The van der Waals surface area contributed by atoms with E-state index in [4.69, 9.17) is 4.74 Å². The van der Waals surface area contributed by atoms with Gasteiger partial charge in [-0.3, -0.25) is 4.79 Å². The van der Waals surface area contributed by atoms with Crippen LogP contribution in [0.15, 0.2) is 18.2 Å². The molecule has 2 heterocycles. The lowest BCUT2D eigenvalue weighted by Gasteiger charge is -2.24. The molecule has 1 unspecified atom stereocenters. The van der Waals surface area contributed by atoms with E-state index in [1.54, 1.807) is 0 Å². The van der Waals surface area contributed by atoms with Crippen molar-refractivity contribution >= 4 is 17.3 Å². The van der Waals surface area contributed by atoms with Crippen LogP contribution in [0, 0.1) is 0 Å². The fourth-order valence-electron chi connectivity index (χ4n) is 2.33. The van der Waals surface area contributed by atoms with Crippen molar-refractivity contribution in [1.29, 1.82) is 0 Å². The number of rotatable bonds is 3. The Morgan fingerprint density at radius 1 is 1.44 bits per heavy atom. The molecule has 0 bridgehead atoms. The minimum absolute atomic E-state index is 0.0736. The first-order chi connectivity index (χ1) is 8.81. The van der Waals surface area contributed by atoms with Crippen LogP contribution < -0.4 is 16.0 Å². The number of benzene rings is 1. The zero-order valence-corrected chi connectivity index (χ0v) is 10.2. The molecule has 2 aliphatic rings. The highest BCUT2D eigenvalue weighted by Crippen LogP contribution is 2.25. The number of anilines is 2. The highest BCUT2D eigenvalue weighted by Gasteiger charge is 2.18. The van der Waals surface area contributed by atoms with Crippen LogP contribution in [0.1, 0.15) is 5.56 Å². The van der Waals surface area contributed by atoms with Gasteiger partial charge in [0.15, 0.2) is 0 Å². The van der Waals surface area contributed by atoms with Gasteiger partial charge in [-0.1, -0.05) is 0 Å². The summed E-state index contributed by atoms with van der Waals surface area (Å²) in [6.07, 6.45) is 0.482. The van der Waals surface area contributed by atoms with Crippen molar-refractivity contribution in [3.63, 3.8) is 0 Å². The lowest BCUT2D eigenvalue weighted by molar-refractivity contribution is -0.115. The first-order valence-corrected chi connectivity index (χ1v) is 6.29. The normalized spacial score (nSPS) is 22.4. The third-order valence-electron chi connectivity index (χ3n) is 3.28. The van der Waals surface area contributed by atoms with Gasteiger partial charge in [-0.15, -0.1) is 0 Å². The Morgan fingerprint density at radius 3 is 3.22 bits per heavy atom. The van der Waals surface area contributed by atoms with Crippen molar-refractivity contribution < 1.29 is 9.53 Å². The van der Waals surface area contributed by atoms with Crippen LogP contribution in [0.3, 0.4) is 0 Å². The van der Waals surface area contributed by atoms with Gasteiger partial charge >= 0.3 is 0 Å². The quantitative estimate of drug-likeness (QED) is 0.731. The topological polar surface area (TPSA) is 62.4 Å². The number of morpholine rings is 1. The van der Waals surface area contributed by atoms with Crippen molar-refractivity contribution in [2.45, 2.75) is 12.5 Å². The Kier molecular flexibility index (Phi) is 3.17. The average molecular weight is 247 g/mol. The lowest BCUT2D eigenvalue weighted by atomic mass is 10.1. The SMILES string of the molecule is O=C1Cc2cc(NCC3COCCN3)ccc2N1. The summed E-state index contributed by atoms with van der Waals surface area (Å²) in [5, 5.41) is 9.60. The molecular weight excluding hydrogens is 230 g/mol. The first kappa shape index (κ1) is 11.5. The molecule has 1 aromatic carbocycles. The summed E-state index contributed by atoms with van der Waals surface area (Å²) < 4.78 is 5.40. The zero-order chi connectivity index (χ0) is 12.4. The molecule has 5 heteroatoms. The van der Waals surface area contributed by atoms with Gasteiger partial charge in [0.05, 0.1) is 19.6 Å². The third-order valence-corrected chi connectivity index (χ3v) is 3.28. The fourth-order valence-corrected chi connectivity index (χ4v) is 2.33. The molecule has 3 rings (SSSR count). The molecule has 0 radical (unpaired) electrons. The summed E-state index contributed by atoms with van der Waals surface area (Å²) in [5.74, 6) is 0.0736. The van der Waals surface area contributed by atoms with Crippen molar-refractivity contribution in [3.8, 4) is 0 Å². The first-order valence-electron chi connectivity index (χ1n) is 6.29. The molecule has 18 heavy (non-hydrogen) atoms. The standard InChI is InChI=1S/C13H17N3O2/c17-13-6-9-5-10(1-2-12(9)16-13)15-7-11-8-18-4-3-14-11/h1-2,5,11,14-15H,3-4,6-8H2,(H,16,17). The molecular formula is C13H17N3O2. The Labute approximate surface area is 106 Å². The van der Waals surface area contributed by atoms with E-state index in [0.717, 1.165) is 43.2 Å². The molecule has 0 aromatic heterocycles. The lowest BCUT2D eigenvalue weighted by Crippen LogP contribution is -2.45. The number of carbonyl (C=O) groups excluding carboxylic acids is 1. The van der Waals surface area contributed by atoms with E-state index in [-0.39, 0.29) is 5.91 Å². The van der Waals surface area contributed by atoms with Crippen LogP contribution in [-0.2, 0) is 16.0 Å². The van der Waals surface area contributed by atoms with E-state index < -0.39 is 0 Å². The van der Waals surface area contributed by atoms with Crippen molar-refractivity contribution in [1.82, 2.24) is 5.32 Å². The van der Waals surface area contributed by atoms with Crippen molar-refractivity contribution in [2.24, 2.45) is 0 Å². The minimum atomic E-state index is 0.0736. The molecule has 0 spiro atoms. The summed E-state index contributed by atoms with van der Waals surface area (Å²) in [6, 6.07) is 6.34. The van der Waals surface area contributed by atoms with E-state index in [1.807, 2.05) is 18.2 Å². The van der Waals surface area contributed by atoms with Crippen LogP contribution in [0.4, 0.5) is 11.4 Å². The second-order valence-electron chi connectivity index (χ2n) is 4.70. The number of fused-ring (bicyclic) bond motifs is 1. The summed E-state index contributed by atoms with van der Waals surface area (Å²) in [4.78, 5) is 11.3. The molecule has 1 atom stereocenters. The van der Waals surface area contributed by atoms with Crippen molar-refractivity contribution in [2.75, 3.05) is 36.9 Å². The summed E-state index contributed by atoms with van der Waals surface area (Å²) >= 11 is 0. The van der Waals surface area contributed by atoms with Gasteiger partial charge in [0, 0.05) is 30.5 Å². The summed E-state index contributed by atoms with van der Waals surface area (Å²) in [7, 11) is 0. The van der Waals surface area contributed by atoms with E-state index in [9.17, 15) is 4.79 Å². The predicted octanol–water partition coefficient (Wildman–Crippen LogP) is 0.581. The van der Waals surface area contributed by atoms with Crippen LogP contribution in [0.5, 0.6) is 0 Å². The Balaban J connectivity index is 1.60. The van der Waals surface area contributed by atoms with E-state index >= 15 is 0 Å². The Hall–Kier alpha value is -1.59. The van der Waals surface area contributed by atoms with Crippen LogP contribution in [0.2, 0.25) is 0 Å². The Morgan fingerprint density at radius 2 is 2.39 bits per heavy atom. The van der Waals surface area contributed by atoms with Gasteiger partial charge < -0.3 is 20.7 Å². The van der Waals surface area contributed by atoms with E-state index in [2.05, 4.69) is 16.0 Å². The van der Waals surface area contributed by atoms with Crippen molar-refractivity contribution in [3.05, 3.63) is 23.8 Å². The molecule has 3 N–H and O–H groups in total. The molecule has 96 valence electrons. The molecule has 1 aromatic rings. The van der Waals surface area contributed by atoms with Crippen LogP contribution in [0.25, 0.3) is 0 Å². The Bertz CT molecular complexity index is 456. The number of ether oxygens (including phenoxy) is 1. The smallest absolute Gasteiger partial charge is 0.228 e. The second-order valence-corrected chi connectivity index (χ2v) is 4.70. The maximum Gasteiger partial charge on any atom is 0.228 e. The molecule has 5 nitrogen and oxygen atoms in total. The van der Waals surface area contributed by atoms with E-state index in [0.29, 0.717) is 12.5 Å². The van der Waals surface area contributed by atoms with Gasteiger partial charge in [0.25, 0.3) is 0 Å². The highest BCUT2D eigenvalue weighted by atomic mass is 16.5. The average Bonchev–Trinajstić information content (AvgIpc) is 2.77. The fraction of sp³-hybridized carbons (Fsp3) is 0.462. The molecule has 1 fully saturated rings. The number of hydrogen-bond acceptors (Lipinski definition) is 4. The highest BCUT2D eigenvalue weighted by molar-refractivity contribution is 5.99. The monoisotopic (exact) mass is 247 g/mol. The molecule has 2 aliphatic heterocycles. The largest absolute Gasteiger partial charge is 0.383 e. The molecule has 0 aliphatic carbocycles. The maximum absolute atomic E-state index is 11.3. The zero-order valence-electron chi connectivity index (χ0n) is 10.2. The molecule has 1 amide bonds. The molecule has 0 saturated carbocycles. The number of hydrogen-bond donors (Lipinski definition) is 3. The third kappa shape index (κ3) is 2.47. The van der Waals surface area contributed by atoms with Gasteiger partial charge in [-0.25, -0.2) is 0 Å². The van der Waals surface area contributed by atoms with Crippen LogP contribution >= 0.6 is 0 Å².